The largest absolute Gasteiger partial charge is 0.493 e. The van der Waals surface area contributed by atoms with Crippen molar-refractivity contribution in [2.75, 3.05) is 13.7 Å². The normalized spacial score (nSPS) is 11.8. The number of carbonyl (C=O) groups is 2. The maximum Gasteiger partial charge on any atom is 0.262 e. The van der Waals surface area contributed by atoms with E-state index in [2.05, 4.69) is 38.4 Å². The van der Waals surface area contributed by atoms with Crippen molar-refractivity contribution in [2.24, 2.45) is 11.0 Å². The maximum atomic E-state index is 12.6. The molecule has 0 bridgehead atoms. The predicted molar refractivity (Wildman–Crippen MR) is 130 cm³/mol. The minimum Gasteiger partial charge on any atom is -0.493 e. The molecule has 2 aromatic rings. The summed E-state index contributed by atoms with van der Waals surface area (Å²) >= 11 is 9.38. The van der Waals surface area contributed by atoms with Gasteiger partial charge in [-0.2, -0.15) is 5.10 Å². The Bertz CT molecular complexity index is 1010. The number of hydrogen-bond acceptors (Lipinski definition) is 5. The van der Waals surface area contributed by atoms with Gasteiger partial charge in [-0.15, -0.1) is 0 Å². The summed E-state index contributed by atoms with van der Waals surface area (Å²) in [5.74, 6) is 0.0431. The highest BCUT2D eigenvalue weighted by molar-refractivity contribution is 9.10. The molecule has 0 saturated heterocycles. The van der Waals surface area contributed by atoms with Crippen LogP contribution in [0.4, 0.5) is 0 Å². The molecule has 170 valence electrons. The standard InChI is InChI=1S/C23H25BrClN3O4/c1-5-9-32-21-18(24)10-15(11-19(21)31-4)13-26-28-23(30)20(14(2)3)27-22(29)16-7-6-8-17(25)12-16/h5-8,10-14,20H,1,9H2,2-4H3,(H,27,29)(H,28,30)/b26-13+. The molecule has 0 aromatic heterocycles. The van der Waals surface area contributed by atoms with Crippen LogP contribution >= 0.6 is 27.5 Å². The van der Waals surface area contributed by atoms with E-state index in [0.717, 1.165) is 0 Å². The van der Waals surface area contributed by atoms with Crippen LogP contribution in [0.3, 0.4) is 0 Å². The number of carbonyl (C=O) groups excluding carboxylic acids is 2. The zero-order valence-corrected chi connectivity index (χ0v) is 20.4. The highest BCUT2D eigenvalue weighted by Crippen LogP contribution is 2.36. The number of nitrogens with zero attached hydrogens (tertiary/aromatic N) is 1. The molecule has 0 aliphatic heterocycles. The van der Waals surface area contributed by atoms with E-state index < -0.39 is 17.9 Å². The number of rotatable bonds is 10. The third kappa shape index (κ3) is 7.10. The highest BCUT2D eigenvalue weighted by Gasteiger charge is 2.24. The highest BCUT2D eigenvalue weighted by atomic mass is 79.9. The van der Waals surface area contributed by atoms with Crippen LogP contribution in [-0.4, -0.2) is 37.8 Å². The lowest BCUT2D eigenvalue weighted by Gasteiger charge is -2.20. The Hall–Kier alpha value is -2.84. The molecular weight excluding hydrogens is 498 g/mol. The third-order valence-electron chi connectivity index (χ3n) is 4.31. The van der Waals surface area contributed by atoms with Gasteiger partial charge in [0.25, 0.3) is 11.8 Å². The molecule has 7 nitrogen and oxygen atoms in total. The molecule has 32 heavy (non-hydrogen) atoms. The van der Waals surface area contributed by atoms with Crippen LogP contribution in [-0.2, 0) is 4.79 Å². The van der Waals surface area contributed by atoms with Crippen molar-refractivity contribution in [3.8, 4) is 11.5 Å². The number of halogens is 2. The van der Waals surface area contributed by atoms with Gasteiger partial charge in [0.05, 0.1) is 17.8 Å². The second kappa shape index (κ2) is 12.3. The average Bonchev–Trinajstić information content (AvgIpc) is 2.75. The van der Waals surface area contributed by atoms with Crippen molar-refractivity contribution in [1.29, 1.82) is 0 Å². The molecule has 2 N–H and O–H groups in total. The summed E-state index contributed by atoms with van der Waals surface area (Å²) in [7, 11) is 1.53. The van der Waals surface area contributed by atoms with Crippen molar-refractivity contribution in [1.82, 2.24) is 10.7 Å². The smallest absolute Gasteiger partial charge is 0.262 e. The van der Waals surface area contributed by atoms with Crippen LogP contribution in [0.1, 0.15) is 29.8 Å². The number of ether oxygens (including phenoxy) is 2. The fraction of sp³-hybridized carbons (Fsp3) is 0.261. The summed E-state index contributed by atoms with van der Waals surface area (Å²) in [6, 6.07) is 9.23. The van der Waals surface area contributed by atoms with Gasteiger partial charge < -0.3 is 14.8 Å². The molecule has 0 spiro atoms. The van der Waals surface area contributed by atoms with Crippen molar-refractivity contribution in [2.45, 2.75) is 19.9 Å². The lowest BCUT2D eigenvalue weighted by Crippen LogP contribution is -2.48. The Morgan fingerprint density at radius 1 is 1.28 bits per heavy atom. The van der Waals surface area contributed by atoms with Crippen molar-refractivity contribution in [3.05, 3.63) is 69.7 Å². The second-order valence-electron chi connectivity index (χ2n) is 7.07. The first kappa shape index (κ1) is 25.4. The first-order valence-corrected chi connectivity index (χ1v) is 10.9. The van der Waals surface area contributed by atoms with Gasteiger partial charge in [0.2, 0.25) is 0 Å². The molecule has 1 unspecified atom stereocenters. The van der Waals surface area contributed by atoms with Gasteiger partial charge in [0.1, 0.15) is 12.6 Å². The third-order valence-corrected chi connectivity index (χ3v) is 5.13. The Balaban J connectivity index is 2.09. The van der Waals surface area contributed by atoms with E-state index in [1.807, 2.05) is 13.8 Å². The van der Waals surface area contributed by atoms with Crippen LogP contribution in [0, 0.1) is 5.92 Å². The van der Waals surface area contributed by atoms with Crippen LogP contribution in [0.15, 0.2) is 58.6 Å². The predicted octanol–water partition coefficient (Wildman–Crippen LogP) is 4.58. The van der Waals surface area contributed by atoms with E-state index in [9.17, 15) is 9.59 Å². The van der Waals surface area contributed by atoms with Gasteiger partial charge in [-0.25, -0.2) is 5.43 Å². The molecule has 2 amide bonds. The number of benzene rings is 2. The molecule has 0 fully saturated rings. The molecule has 0 saturated carbocycles. The van der Waals surface area contributed by atoms with Crippen LogP contribution in [0.2, 0.25) is 5.02 Å². The van der Waals surface area contributed by atoms with Crippen LogP contribution in [0.25, 0.3) is 0 Å². The number of nitrogens with one attached hydrogen (secondary N) is 2. The fourth-order valence-electron chi connectivity index (χ4n) is 2.73. The van der Waals surface area contributed by atoms with E-state index in [1.54, 1.807) is 36.4 Å². The second-order valence-corrected chi connectivity index (χ2v) is 8.36. The van der Waals surface area contributed by atoms with E-state index >= 15 is 0 Å². The zero-order chi connectivity index (χ0) is 23.7. The molecule has 0 aliphatic rings. The number of methoxy groups -OCH3 is 1. The Morgan fingerprint density at radius 3 is 2.66 bits per heavy atom. The van der Waals surface area contributed by atoms with Crippen molar-refractivity contribution < 1.29 is 19.1 Å². The van der Waals surface area contributed by atoms with E-state index in [4.69, 9.17) is 21.1 Å². The lowest BCUT2D eigenvalue weighted by molar-refractivity contribution is -0.123. The van der Waals surface area contributed by atoms with Gasteiger partial charge in [0, 0.05) is 10.6 Å². The van der Waals surface area contributed by atoms with Crippen LogP contribution < -0.4 is 20.2 Å². The summed E-state index contributed by atoms with van der Waals surface area (Å²) in [4.78, 5) is 25.1. The van der Waals surface area contributed by atoms with Gasteiger partial charge in [-0.3, -0.25) is 9.59 Å². The minimum absolute atomic E-state index is 0.163. The van der Waals surface area contributed by atoms with E-state index in [1.165, 1.54) is 19.4 Å². The van der Waals surface area contributed by atoms with E-state index in [0.29, 0.717) is 38.7 Å². The van der Waals surface area contributed by atoms with Crippen molar-refractivity contribution in [3.63, 3.8) is 0 Å². The molecule has 2 rings (SSSR count). The molecule has 1 atom stereocenters. The summed E-state index contributed by atoms with van der Waals surface area (Å²) < 4.78 is 11.6. The quantitative estimate of drug-likeness (QED) is 0.272. The van der Waals surface area contributed by atoms with E-state index in [-0.39, 0.29) is 5.92 Å². The zero-order valence-electron chi connectivity index (χ0n) is 18.0. The Morgan fingerprint density at radius 2 is 2.03 bits per heavy atom. The molecule has 0 heterocycles. The van der Waals surface area contributed by atoms with Gasteiger partial charge in [-0.05, 0) is 57.7 Å². The summed E-state index contributed by atoms with van der Waals surface area (Å²) in [6.45, 7) is 7.61. The topological polar surface area (TPSA) is 89.0 Å². The van der Waals surface area contributed by atoms with Crippen LogP contribution in [0.5, 0.6) is 11.5 Å². The monoisotopic (exact) mass is 521 g/mol. The first-order valence-electron chi connectivity index (χ1n) is 9.77. The lowest BCUT2D eigenvalue weighted by atomic mass is 10.0. The van der Waals surface area contributed by atoms with Crippen molar-refractivity contribution >= 4 is 45.6 Å². The summed E-state index contributed by atoms with van der Waals surface area (Å²) in [5.41, 5.74) is 3.52. The Kier molecular flexibility index (Phi) is 9.74. The fourth-order valence-corrected chi connectivity index (χ4v) is 3.49. The summed E-state index contributed by atoms with van der Waals surface area (Å²) in [5, 5.41) is 7.18. The van der Waals surface area contributed by atoms with Gasteiger partial charge in [-0.1, -0.05) is 44.2 Å². The molecule has 2 aromatic carbocycles. The minimum atomic E-state index is -0.783. The number of hydrogen-bond donors (Lipinski definition) is 2. The molecule has 0 aliphatic carbocycles. The first-order chi connectivity index (χ1) is 15.3. The number of hydrazone groups is 1. The average molecular weight is 523 g/mol. The van der Waals surface area contributed by atoms with Gasteiger partial charge >= 0.3 is 0 Å². The molecular formula is C23H25BrClN3O4. The molecule has 0 radical (unpaired) electrons. The maximum absolute atomic E-state index is 12.6. The number of amides is 2. The molecule has 9 heteroatoms. The summed E-state index contributed by atoms with van der Waals surface area (Å²) in [6.07, 6.45) is 3.10. The van der Waals surface area contributed by atoms with Gasteiger partial charge in [0.15, 0.2) is 11.5 Å². The Labute approximate surface area is 200 Å². The SMILES string of the molecule is C=CCOc1c(Br)cc(/C=N/NC(=O)C(NC(=O)c2cccc(Cl)c2)C(C)C)cc1OC.